The smallest absolute Gasteiger partial charge is 0.328 e. The monoisotopic (exact) mass is 227 g/mol. The van der Waals surface area contributed by atoms with Crippen LogP contribution in [0, 0.1) is 0 Å². The number of carbonyl (C=O) groups is 1. The van der Waals surface area contributed by atoms with Gasteiger partial charge in [0, 0.05) is 18.3 Å². The summed E-state index contributed by atoms with van der Waals surface area (Å²) >= 11 is 0. The van der Waals surface area contributed by atoms with Crippen LogP contribution in [0.3, 0.4) is 0 Å². The van der Waals surface area contributed by atoms with Gasteiger partial charge < -0.3 is 10.4 Å². The Hall–Kier alpha value is -2.29. The molecule has 86 valence electrons. The van der Waals surface area contributed by atoms with E-state index < -0.39 is 5.97 Å². The molecule has 0 unspecified atom stereocenters. The summed E-state index contributed by atoms with van der Waals surface area (Å²) in [5.74, 6) is -0.926. The number of fused-ring (bicyclic) bond motifs is 1. The van der Waals surface area contributed by atoms with Crippen molar-refractivity contribution in [2.45, 2.75) is 0 Å². The van der Waals surface area contributed by atoms with Crippen molar-refractivity contribution in [2.75, 3.05) is 11.9 Å². The van der Waals surface area contributed by atoms with Crippen molar-refractivity contribution in [2.24, 2.45) is 0 Å². The van der Waals surface area contributed by atoms with Crippen LogP contribution >= 0.6 is 0 Å². The third kappa shape index (κ3) is 3.08. The molecule has 0 bridgehead atoms. The van der Waals surface area contributed by atoms with E-state index in [0.717, 1.165) is 11.8 Å². The Kier molecular flexibility index (Phi) is 3.40. The first kappa shape index (κ1) is 11.2. The van der Waals surface area contributed by atoms with Gasteiger partial charge in [0.15, 0.2) is 0 Å². The van der Waals surface area contributed by atoms with Gasteiger partial charge >= 0.3 is 5.97 Å². The van der Waals surface area contributed by atoms with Gasteiger partial charge in [0.05, 0.1) is 0 Å². The molecule has 0 radical (unpaired) electrons. The van der Waals surface area contributed by atoms with Crippen LogP contribution in [-0.2, 0) is 4.79 Å². The second-order valence-corrected chi connectivity index (χ2v) is 3.68. The SMILES string of the molecule is O=C(O)/C=C/CNc1ccc2ccccc2c1. The van der Waals surface area contributed by atoms with E-state index in [9.17, 15) is 4.79 Å². The normalized spacial score (nSPS) is 10.8. The fourth-order valence-corrected chi connectivity index (χ4v) is 1.64. The number of hydrogen-bond donors (Lipinski definition) is 2. The van der Waals surface area contributed by atoms with E-state index in [0.29, 0.717) is 6.54 Å². The molecule has 0 atom stereocenters. The Labute approximate surface area is 99.4 Å². The van der Waals surface area contributed by atoms with Crippen molar-refractivity contribution in [3.8, 4) is 0 Å². The molecular formula is C14H13NO2. The molecule has 17 heavy (non-hydrogen) atoms. The van der Waals surface area contributed by atoms with Crippen LogP contribution in [-0.4, -0.2) is 17.6 Å². The van der Waals surface area contributed by atoms with E-state index in [2.05, 4.69) is 11.4 Å². The molecule has 2 aromatic carbocycles. The summed E-state index contributed by atoms with van der Waals surface area (Å²) in [7, 11) is 0. The van der Waals surface area contributed by atoms with Gasteiger partial charge in [-0.2, -0.15) is 0 Å². The largest absolute Gasteiger partial charge is 0.478 e. The predicted octanol–water partition coefficient (Wildman–Crippen LogP) is 2.89. The van der Waals surface area contributed by atoms with Gasteiger partial charge in [0.25, 0.3) is 0 Å². The third-order valence-corrected chi connectivity index (χ3v) is 2.43. The molecule has 2 N–H and O–H groups in total. The Morgan fingerprint density at radius 3 is 2.71 bits per heavy atom. The van der Waals surface area contributed by atoms with E-state index >= 15 is 0 Å². The van der Waals surface area contributed by atoms with Gasteiger partial charge in [-0.1, -0.05) is 36.4 Å². The van der Waals surface area contributed by atoms with Crippen molar-refractivity contribution in [3.63, 3.8) is 0 Å². The number of carboxylic acids is 1. The van der Waals surface area contributed by atoms with Crippen molar-refractivity contribution < 1.29 is 9.90 Å². The van der Waals surface area contributed by atoms with Crippen LogP contribution < -0.4 is 5.32 Å². The molecule has 3 heteroatoms. The first-order valence-corrected chi connectivity index (χ1v) is 5.38. The highest BCUT2D eigenvalue weighted by Crippen LogP contribution is 2.18. The number of rotatable bonds is 4. The quantitative estimate of drug-likeness (QED) is 0.789. The molecule has 0 aliphatic rings. The third-order valence-electron chi connectivity index (χ3n) is 2.43. The second-order valence-electron chi connectivity index (χ2n) is 3.68. The molecule has 0 saturated carbocycles. The highest BCUT2D eigenvalue weighted by Gasteiger charge is 1.94. The van der Waals surface area contributed by atoms with Gasteiger partial charge in [-0.25, -0.2) is 4.79 Å². The molecule has 0 amide bonds. The zero-order valence-electron chi connectivity index (χ0n) is 9.26. The zero-order chi connectivity index (χ0) is 12.1. The maximum absolute atomic E-state index is 10.3. The Morgan fingerprint density at radius 1 is 1.18 bits per heavy atom. The van der Waals surface area contributed by atoms with Crippen LogP contribution in [0.15, 0.2) is 54.6 Å². The van der Waals surface area contributed by atoms with E-state index in [4.69, 9.17) is 5.11 Å². The minimum atomic E-state index is -0.926. The van der Waals surface area contributed by atoms with Crippen LogP contribution in [0.25, 0.3) is 10.8 Å². The van der Waals surface area contributed by atoms with E-state index in [1.54, 1.807) is 6.08 Å². The number of aliphatic carboxylic acids is 1. The minimum absolute atomic E-state index is 0.505. The molecule has 3 nitrogen and oxygen atoms in total. The van der Waals surface area contributed by atoms with Gasteiger partial charge in [0.1, 0.15) is 0 Å². The maximum Gasteiger partial charge on any atom is 0.328 e. The molecule has 2 aromatic rings. The summed E-state index contributed by atoms with van der Waals surface area (Å²) in [5.41, 5.74) is 0.985. The molecule has 0 fully saturated rings. The van der Waals surface area contributed by atoms with Crippen LogP contribution in [0.5, 0.6) is 0 Å². The number of nitrogens with one attached hydrogen (secondary N) is 1. The molecule has 2 rings (SSSR count). The molecule has 0 saturated heterocycles. The summed E-state index contributed by atoms with van der Waals surface area (Å²) < 4.78 is 0. The van der Waals surface area contributed by atoms with Crippen LogP contribution in [0.4, 0.5) is 5.69 Å². The number of anilines is 1. The fourth-order valence-electron chi connectivity index (χ4n) is 1.64. The maximum atomic E-state index is 10.3. The number of hydrogen-bond acceptors (Lipinski definition) is 2. The summed E-state index contributed by atoms with van der Waals surface area (Å²) in [6, 6.07) is 14.2. The predicted molar refractivity (Wildman–Crippen MR) is 69.2 cm³/mol. The van der Waals surface area contributed by atoms with Crippen molar-refractivity contribution in [1.82, 2.24) is 0 Å². The first-order valence-electron chi connectivity index (χ1n) is 5.38. The number of carboxylic acid groups (broad SMARTS) is 1. The average Bonchev–Trinajstić information content (AvgIpc) is 2.34. The van der Waals surface area contributed by atoms with Gasteiger partial charge in [-0.05, 0) is 22.9 Å². The lowest BCUT2D eigenvalue weighted by atomic mass is 10.1. The Balaban J connectivity index is 2.07. The highest BCUT2D eigenvalue weighted by atomic mass is 16.4. The number of benzene rings is 2. The van der Waals surface area contributed by atoms with E-state index in [-0.39, 0.29) is 0 Å². The topological polar surface area (TPSA) is 49.3 Å². The van der Waals surface area contributed by atoms with Crippen molar-refractivity contribution in [3.05, 3.63) is 54.6 Å². The summed E-state index contributed by atoms with van der Waals surface area (Å²) in [5, 5.41) is 13.9. The fraction of sp³-hybridized carbons (Fsp3) is 0.0714. The highest BCUT2D eigenvalue weighted by molar-refractivity contribution is 5.85. The Morgan fingerprint density at radius 2 is 1.94 bits per heavy atom. The lowest BCUT2D eigenvalue weighted by molar-refractivity contribution is -0.131. The molecule has 0 spiro atoms. The summed E-state index contributed by atoms with van der Waals surface area (Å²) in [4.78, 5) is 10.3. The van der Waals surface area contributed by atoms with Gasteiger partial charge in [-0.15, -0.1) is 0 Å². The molecule has 0 aliphatic heterocycles. The van der Waals surface area contributed by atoms with E-state index in [1.807, 2.05) is 36.4 Å². The summed E-state index contributed by atoms with van der Waals surface area (Å²) in [6.07, 6.45) is 2.71. The van der Waals surface area contributed by atoms with Crippen molar-refractivity contribution >= 4 is 22.4 Å². The lowest BCUT2D eigenvalue weighted by Gasteiger charge is -2.04. The van der Waals surface area contributed by atoms with Gasteiger partial charge in [-0.3, -0.25) is 0 Å². The Bertz CT molecular complexity index is 561. The zero-order valence-corrected chi connectivity index (χ0v) is 9.26. The minimum Gasteiger partial charge on any atom is -0.478 e. The standard InChI is InChI=1S/C14H13NO2/c16-14(17)6-3-9-15-13-8-7-11-4-1-2-5-12(11)10-13/h1-8,10,15H,9H2,(H,16,17)/b6-3+. The van der Waals surface area contributed by atoms with Crippen LogP contribution in [0.1, 0.15) is 0 Å². The molecule has 0 heterocycles. The van der Waals surface area contributed by atoms with Crippen molar-refractivity contribution in [1.29, 1.82) is 0 Å². The lowest BCUT2D eigenvalue weighted by Crippen LogP contribution is -1.99. The van der Waals surface area contributed by atoms with Gasteiger partial charge in [0.2, 0.25) is 0 Å². The van der Waals surface area contributed by atoms with Crippen LogP contribution in [0.2, 0.25) is 0 Å². The van der Waals surface area contributed by atoms with E-state index in [1.165, 1.54) is 10.8 Å². The summed E-state index contributed by atoms with van der Waals surface area (Å²) in [6.45, 7) is 0.505. The molecular weight excluding hydrogens is 214 g/mol. The average molecular weight is 227 g/mol. The molecule has 0 aromatic heterocycles. The second kappa shape index (κ2) is 5.16. The molecule has 0 aliphatic carbocycles. The first-order chi connectivity index (χ1) is 8.25.